The van der Waals surface area contributed by atoms with E-state index in [1.165, 1.54) is 11.8 Å². The summed E-state index contributed by atoms with van der Waals surface area (Å²) in [6, 6.07) is 8.34. The quantitative estimate of drug-likeness (QED) is 0.279. The van der Waals surface area contributed by atoms with E-state index in [0.717, 1.165) is 6.04 Å². The zero-order valence-electron chi connectivity index (χ0n) is 15.0. The first kappa shape index (κ1) is 20.4. The molecule has 24 heavy (non-hydrogen) atoms. The highest BCUT2D eigenvalue weighted by Crippen LogP contribution is 2.16. The minimum Gasteiger partial charge on any atom is -0.379 e. The molecule has 1 rings (SSSR count). The molecule has 0 aliphatic carbocycles. The number of carbonyl (C=O) groups excluding carboxylic acids is 1. The summed E-state index contributed by atoms with van der Waals surface area (Å²) in [5, 5.41) is 1.17. The molecule has 0 aliphatic heterocycles. The second-order valence-electron chi connectivity index (χ2n) is 6.18. The molecular formula is C19H27O4Si. The predicted molar refractivity (Wildman–Crippen MR) is 99.2 cm³/mol. The van der Waals surface area contributed by atoms with Gasteiger partial charge in [-0.15, -0.1) is 13.2 Å². The van der Waals surface area contributed by atoms with Gasteiger partial charge in [0.25, 0.3) is 0 Å². The number of hydrogen-bond donors (Lipinski definition) is 0. The molecule has 0 spiro atoms. The van der Waals surface area contributed by atoms with Gasteiger partial charge in [0, 0.05) is 13.5 Å². The number of benzene rings is 1. The molecule has 1 aromatic carbocycles. The Labute approximate surface area is 146 Å². The smallest absolute Gasteiger partial charge is 0.373 e. The lowest BCUT2D eigenvalue weighted by Crippen LogP contribution is -2.43. The molecule has 0 N–H and O–H groups in total. The van der Waals surface area contributed by atoms with Crippen molar-refractivity contribution in [3.63, 3.8) is 0 Å². The lowest BCUT2D eigenvalue weighted by Gasteiger charge is -2.23. The summed E-state index contributed by atoms with van der Waals surface area (Å²) in [7, 11) is -0.265. The number of methoxy groups -OCH3 is 1. The van der Waals surface area contributed by atoms with Gasteiger partial charge in [-0.25, -0.2) is 4.79 Å². The van der Waals surface area contributed by atoms with Crippen LogP contribution in [0.2, 0.25) is 6.04 Å². The van der Waals surface area contributed by atoms with Gasteiger partial charge in [-0.05, 0) is 32.0 Å². The van der Waals surface area contributed by atoms with Gasteiger partial charge in [-0.1, -0.05) is 35.6 Å². The van der Waals surface area contributed by atoms with Crippen LogP contribution in [0.5, 0.6) is 0 Å². The highest BCUT2D eigenvalue weighted by atomic mass is 28.3. The summed E-state index contributed by atoms with van der Waals surface area (Å²) in [5.41, 5.74) is 4.08. The maximum atomic E-state index is 12.0. The fourth-order valence-corrected chi connectivity index (χ4v) is 4.58. The van der Waals surface area contributed by atoms with Crippen molar-refractivity contribution in [2.24, 2.45) is 0 Å². The fraction of sp³-hybridized carbons (Fsp3) is 0.368. The van der Waals surface area contributed by atoms with Crippen LogP contribution in [0.15, 0.2) is 48.8 Å². The average Bonchev–Trinajstić information content (AvgIpc) is 2.61. The van der Waals surface area contributed by atoms with Crippen LogP contribution in [0.25, 0.3) is 0 Å². The number of hydrogen-bond acceptors (Lipinski definition) is 4. The van der Waals surface area contributed by atoms with E-state index in [1.54, 1.807) is 19.2 Å². The fourth-order valence-electron chi connectivity index (χ4n) is 2.17. The molecule has 5 heteroatoms. The molecule has 0 aliphatic rings. The van der Waals surface area contributed by atoms with Crippen molar-refractivity contribution in [1.82, 2.24) is 0 Å². The number of ether oxygens (including phenoxy) is 1. The van der Waals surface area contributed by atoms with Gasteiger partial charge in [0.1, 0.15) is 14.7 Å². The molecule has 0 amide bonds. The van der Waals surface area contributed by atoms with E-state index in [0.29, 0.717) is 12.0 Å². The average molecular weight is 348 g/mol. The van der Waals surface area contributed by atoms with Crippen molar-refractivity contribution in [2.75, 3.05) is 7.11 Å². The zero-order valence-corrected chi connectivity index (χ0v) is 16.0. The highest BCUT2D eigenvalue weighted by molar-refractivity contribution is 6.99. The Morgan fingerprint density at radius 2 is 1.79 bits per heavy atom. The summed E-state index contributed by atoms with van der Waals surface area (Å²) in [5.74, 6) is -0.533. The highest BCUT2D eigenvalue weighted by Gasteiger charge is 2.26. The first-order valence-corrected chi connectivity index (χ1v) is 10.3. The third-order valence-electron chi connectivity index (χ3n) is 4.29. The van der Waals surface area contributed by atoms with Crippen LogP contribution in [0.3, 0.4) is 0 Å². The third kappa shape index (κ3) is 5.16. The normalized spacial score (nSPS) is 11.8. The lowest BCUT2D eigenvalue weighted by atomic mass is 10.1. The van der Waals surface area contributed by atoms with Gasteiger partial charge in [-0.2, -0.15) is 4.89 Å². The van der Waals surface area contributed by atoms with Crippen LogP contribution in [-0.4, -0.2) is 26.8 Å². The van der Waals surface area contributed by atoms with Crippen LogP contribution in [0.1, 0.15) is 37.6 Å². The topological polar surface area (TPSA) is 44.8 Å². The van der Waals surface area contributed by atoms with Crippen LogP contribution in [-0.2, 0) is 14.5 Å². The van der Waals surface area contributed by atoms with E-state index in [4.69, 9.17) is 14.5 Å². The second kappa shape index (κ2) is 8.96. The first-order valence-electron chi connectivity index (χ1n) is 7.96. The van der Waals surface area contributed by atoms with Crippen LogP contribution < -0.4 is 5.19 Å². The molecular weight excluding hydrogens is 320 g/mol. The molecule has 0 aromatic heterocycles. The predicted octanol–water partition coefficient (Wildman–Crippen LogP) is 3.88. The Bertz CT molecular complexity index is 555. The molecule has 0 bridgehead atoms. The molecule has 0 unspecified atom stereocenters. The van der Waals surface area contributed by atoms with E-state index in [1.807, 2.05) is 37.4 Å². The summed E-state index contributed by atoms with van der Waals surface area (Å²) < 4.78 is 5.24. The van der Waals surface area contributed by atoms with Gasteiger partial charge in [0.2, 0.25) is 0 Å². The number of rotatable bonds is 10. The van der Waals surface area contributed by atoms with Crippen LogP contribution >= 0.6 is 0 Å². The molecule has 1 radical (unpaired) electrons. The Hall–Kier alpha value is -1.69. The largest absolute Gasteiger partial charge is 0.379 e. The molecule has 131 valence electrons. The van der Waals surface area contributed by atoms with Gasteiger partial charge < -0.3 is 4.74 Å². The molecule has 0 saturated carbocycles. The molecule has 0 atom stereocenters. The Kier molecular flexibility index (Phi) is 7.60. The molecule has 1 aromatic rings. The van der Waals surface area contributed by atoms with E-state index in [-0.39, 0.29) is 5.60 Å². The van der Waals surface area contributed by atoms with Gasteiger partial charge in [0.15, 0.2) is 0 Å². The Morgan fingerprint density at radius 3 is 2.25 bits per heavy atom. The van der Waals surface area contributed by atoms with Crippen molar-refractivity contribution in [1.29, 1.82) is 0 Å². The number of carbonyl (C=O) groups is 1. The molecule has 0 heterocycles. The minimum absolute atomic E-state index is 0.364. The standard InChI is InChI=1S/C19H27O4Si/c1-7-24(8-2,9-3)17-12-10-16(11-13-17)18(20)23-22-15-14-19(4,5)21-6/h7-8,10-13,15H,1-2,9,14H2,3-6H3. The summed E-state index contributed by atoms with van der Waals surface area (Å²) in [6.07, 6.45) is 0.499. The maximum Gasteiger partial charge on any atom is 0.373 e. The molecule has 4 nitrogen and oxygen atoms in total. The van der Waals surface area contributed by atoms with Crippen molar-refractivity contribution >= 4 is 19.2 Å². The molecule has 0 saturated heterocycles. The van der Waals surface area contributed by atoms with Crippen molar-refractivity contribution in [2.45, 2.75) is 38.8 Å². The van der Waals surface area contributed by atoms with Gasteiger partial charge in [-0.3, -0.25) is 4.89 Å². The minimum atomic E-state index is -1.88. The summed E-state index contributed by atoms with van der Waals surface area (Å²) in [4.78, 5) is 21.6. The van der Waals surface area contributed by atoms with Crippen LogP contribution in [0, 0.1) is 6.61 Å². The maximum absolute atomic E-state index is 12.0. The van der Waals surface area contributed by atoms with Gasteiger partial charge >= 0.3 is 5.97 Å². The Morgan fingerprint density at radius 1 is 1.21 bits per heavy atom. The van der Waals surface area contributed by atoms with Crippen molar-refractivity contribution in [3.8, 4) is 0 Å². The monoisotopic (exact) mass is 347 g/mol. The van der Waals surface area contributed by atoms with Gasteiger partial charge in [0.05, 0.1) is 11.2 Å². The second-order valence-corrected chi connectivity index (χ2v) is 10.4. The summed E-state index contributed by atoms with van der Waals surface area (Å²) in [6.45, 7) is 15.3. The van der Waals surface area contributed by atoms with E-state index < -0.39 is 14.0 Å². The SMILES string of the molecule is C=C[Si](C=C)(CC)c1ccc(C(=O)OO[CH]CC(C)(C)OC)cc1. The molecule has 0 fully saturated rings. The first-order chi connectivity index (χ1) is 11.3. The van der Waals surface area contributed by atoms with E-state index in [2.05, 4.69) is 20.1 Å². The summed E-state index contributed by atoms with van der Waals surface area (Å²) >= 11 is 0. The lowest BCUT2D eigenvalue weighted by molar-refractivity contribution is -0.218. The van der Waals surface area contributed by atoms with Crippen LogP contribution in [0.4, 0.5) is 0 Å². The van der Waals surface area contributed by atoms with E-state index >= 15 is 0 Å². The van der Waals surface area contributed by atoms with Crippen molar-refractivity contribution < 1.29 is 19.3 Å². The third-order valence-corrected chi connectivity index (χ3v) is 8.33. The zero-order chi connectivity index (χ0) is 18.2. The Balaban J connectivity index is 2.64. The van der Waals surface area contributed by atoms with E-state index in [9.17, 15) is 4.79 Å². The van der Waals surface area contributed by atoms with Crippen molar-refractivity contribution in [3.05, 3.63) is 61.0 Å².